The summed E-state index contributed by atoms with van der Waals surface area (Å²) in [5.41, 5.74) is 0.636. The zero-order chi connectivity index (χ0) is 16.2. The van der Waals surface area contributed by atoms with Crippen LogP contribution in [-0.2, 0) is 0 Å². The molecule has 0 unspecified atom stereocenters. The number of halogens is 1. The zero-order valence-corrected chi connectivity index (χ0v) is 13.3. The zero-order valence-electron chi connectivity index (χ0n) is 12.5. The number of ether oxygens (including phenoxy) is 2. The molecule has 2 heterocycles. The van der Waals surface area contributed by atoms with Crippen LogP contribution < -0.4 is 14.8 Å². The van der Waals surface area contributed by atoms with Gasteiger partial charge in [-0.15, -0.1) is 0 Å². The molecule has 0 atom stereocenters. The van der Waals surface area contributed by atoms with Crippen LogP contribution in [0, 0.1) is 0 Å². The molecule has 1 N–H and O–H groups in total. The largest absolute Gasteiger partial charge is 0.495 e. The Balaban J connectivity index is 1.53. The third-order valence-electron chi connectivity index (χ3n) is 3.49. The Morgan fingerprint density at radius 3 is 2.83 bits per heavy atom. The lowest BCUT2D eigenvalue weighted by Crippen LogP contribution is -2.57. The molecule has 0 bridgehead atoms. The number of nitrogens with one attached hydrogen (secondary N) is 1. The van der Waals surface area contributed by atoms with E-state index >= 15 is 0 Å². The molecule has 0 radical (unpaired) electrons. The summed E-state index contributed by atoms with van der Waals surface area (Å²) in [4.78, 5) is 17.9. The molecule has 120 valence electrons. The maximum absolute atomic E-state index is 12.2. The monoisotopic (exact) mass is 333 g/mol. The van der Waals surface area contributed by atoms with Gasteiger partial charge in [0.05, 0.1) is 25.9 Å². The van der Waals surface area contributed by atoms with Gasteiger partial charge in [0.25, 0.3) is 0 Å². The highest BCUT2D eigenvalue weighted by Gasteiger charge is 2.33. The van der Waals surface area contributed by atoms with Crippen molar-refractivity contribution >= 4 is 23.3 Å². The molecule has 0 saturated carbocycles. The minimum Gasteiger partial charge on any atom is -0.495 e. The highest BCUT2D eigenvalue weighted by Crippen LogP contribution is 2.26. The number of para-hydroxylation sites is 2. The predicted molar refractivity (Wildman–Crippen MR) is 87.2 cm³/mol. The summed E-state index contributed by atoms with van der Waals surface area (Å²) in [6.45, 7) is 0.960. The second-order valence-electron chi connectivity index (χ2n) is 5.07. The van der Waals surface area contributed by atoms with Gasteiger partial charge in [0, 0.05) is 6.20 Å². The number of carbonyl (C=O) groups excluding carboxylic acids is 1. The summed E-state index contributed by atoms with van der Waals surface area (Å²) < 4.78 is 10.9. The van der Waals surface area contributed by atoms with E-state index in [4.69, 9.17) is 21.1 Å². The maximum atomic E-state index is 12.2. The second-order valence-corrected chi connectivity index (χ2v) is 5.47. The number of pyridine rings is 1. The van der Waals surface area contributed by atoms with E-state index in [-0.39, 0.29) is 12.1 Å². The number of anilines is 1. The SMILES string of the molecule is COc1ccccc1NC(=O)N1CC(Oc2ncccc2Cl)C1. The predicted octanol–water partition coefficient (Wildman–Crippen LogP) is 3.04. The molecular formula is C16H16ClN3O3. The van der Waals surface area contributed by atoms with Crippen molar-refractivity contribution in [2.75, 3.05) is 25.5 Å². The molecular weight excluding hydrogens is 318 g/mol. The summed E-state index contributed by atoms with van der Waals surface area (Å²) in [5.74, 6) is 1.01. The summed E-state index contributed by atoms with van der Waals surface area (Å²) in [5, 5.41) is 3.29. The number of carbonyl (C=O) groups is 1. The highest BCUT2D eigenvalue weighted by atomic mass is 35.5. The third-order valence-corrected chi connectivity index (χ3v) is 3.77. The van der Waals surface area contributed by atoms with Crippen LogP contribution in [0.3, 0.4) is 0 Å². The van der Waals surface area contributed by atoms with Crippen molar-refractivity contribution in [3.8, 4) is 11.6 Å². The molecule has 7 heteroatoms. The van der Waals surface area contributed by atoms with Crippen molar-refractivity contribution in [3.05, 3.63) is 47.6 Å². The minimum atomic E-state index is -0.193. The molecule has 1 aromatic heterocycles. The molecule has 1 aliphatic rings. The topological polar surface area (TPSA) is 63.7 Å². The number of hydrogen-bond donors (Lipinski definition) is 1. The van der Waals surface area contributed by atoms with Gasteiger partial charge in [-0.05, 0) is 24.3 Å². The van der Waals surface area contributed by atoms with E-state index in [1.807, 2.05) is 12.1 Å². The number of rotatable bonds is 4. The lowest BCUT2D eigenvalue weighted by Gasteiger charge is -2.38. The lowest BCUT2D eigenvalue weighted by atomic mass is 10.2. The summed E-state index contributed by atoms with van der Waals surface area (Å²) in [7, 11) is 1.56. The molecule has 2 aromatic rings. The van der Waals surface area contributed by atoms with Gasteiger partial charge in [-0.25, -0.2) is 9.78 Å². The molecule has 1 fully saturated rings. The van der Waals surface area contributed by atoms with E-state index in [2.05, 4.69) is 10.3 Å². The van der Waals surface area contributed by atoms with Crippen LogP contribution in [0.4, 0.5) is 10.5 Å². The number of hydrogen-bond acceptors (Lipinski definition) is 4. The first-order valence-corrected chi connectivity index (χ1v) is 7.51. The normalized spacial score (nSPS) is 14.1. The van der Waals surface area contributed by atoms with E-state index in [0.29, 0.717) is 35.4 Å². The standard InChI is InChI=1S/C16H16ClN3O3/c1-22-14-7-3-2-6-13(14)19-16(21)20-9-11(10-20)23-15-12(17)5-4-8-18-15/h2-8,11H,9-10H2,1H3,(H,19,21). The van der Waals surface area contributed by atoms with Crippen LogP contribution >= 0.6 is 11.6 Å². The van der Waals surface area contributed by atoms with E-state index < -0.39 is 0 Å². The highest BCUT2D eigenvalue weighted by molar-refractivity contribution is 6.31. The fourth-order valence-electron chi connectivity index (χ4n) is 2.24. The van der Waals surface area contributed by atoms with E-state index in [1.54, 1.807) is 42.5 Å². The number of likely N-dealkylation sites (tertiary alicyclic amines) is 1. The molecule has 1 aliphatic heterocycles. The first-order chi connectivity index (χ1) is 11.2. The van der Waals surface area contributed by atoms with E-state index in [0.717, 1.165) is 0 Å². The van der Waals surface area contributed by atoms with Gasteiger partial charge in [0.15, 0.2) is 0 Å². The van der Waals surface area contributed by atoms with Crippen LogP contribution in [0.1, 0.15) is 0 Å². The quantitative estimate of drug-likeness (QED) is 0.934. The molecule has 2 amide bonds. The fourth-order valence-corrected chi connectivity index (χ4v) is 2.40. The first-order valence-electron chi connectivity index (χ1n) is 7.13. The number of aromatic nitrogens is 1. The fraction of sp³-hybridized carbons (Fsp3) is 0.250. The molecule has 1 aromatic carbocycles. The Kier molecular flexibility index (Phi) is 4.52. The van der Waals surface area contributed by atoms with Crippen molar-refractivity contribution in [2.24, 2.45) is 0 Å². The molecule has 3 rings (SSSR count). The van der Waals surface area contributed by atoms with Crippen molar-refractivity contribution in [2.45, 2.75) is 6.10 Å². The van der Waals surface area contributed by atoms with Crippen LogP contribution in [0.25, 0.3) is 0 Å². The number of urea groups is 1. The van der Waals surface area contributed by atoms with Gasteiger partial charge in [-0.1, -0.05) is 23.7 Å². The second kappa shape index (κ2) is 6.75. The number of amides is 2. The summed E-state index contributed by atoms with van der Waals surface area (Å²) >= 11 is 5.99. The van der Waals surface area contributed by atoms with Gasteiger partial charge >= 0.3 is 6.03 Å². The summed E-state index contributed by atoms with van der Waals surface area (Å²) in [6, 6.07) is 10.5. The Morgan fingerprint density at radius 1 is 1.30 bits per heavy atom. The summed E-state index contributed by atoms with van der Waals surface area (Å²) in [6.07, 6.45) is 1.51. The molecule has 6 nitrogen and oxygen atoms in total. The molecule has 23 heavy (non-hydrogen) atoms. The Morgan fingerprint density at radius 2 is 2.09 bits per heavy atom. The molecule has 0 spiro atoms. The third kappa shape index (κ3) is 3.48. The lowest BCUT2D eigenvalue weighted by molar-refractivity contribution is 0.0461. The van der Waals surface area contributed by atoms with Crippen LogP contribution in [0.2, 0.25) is 5.02 Å². The smallest absolute Gasteiger partial charge is 0.322 e. The average molecular weight is 334 g/mol. The van der Waals surface area contributed by atoms with Gasteiger partial charge in [0.1, 0.15) is 16.9 Å². The number of methoxy groups -OCH3 is 1. The Labute approximate surface area is 139 Å². The van der Waals surface area contributed by atoms with Crippen molar-refractivity contribution in [3.63, 3.8) is 0 Å². The maximum Gasteiger partial charge on any atom is 0.322 e. The van der Waals surface area contributed by atoms with Gasteiger partial charge in [-0.2, -0.15) is 0 Å². The minimum absolute atomic E-state index is 0.106. The van der Waals surface area contributed by atoms with Crippen molar-refractivity contribution in [1.82, 2.24) is 9.88 Å². The number of benzene rings is 1. The van der Waals surface area contributed by atoms with Gasteiger partial charge in [0.2, 0.25) is 5.88 Å². The van der Waals surface area contributed by atoms with Crippen molar-refractivity contribution < 1.29 is 14.3 Å². The number of nitrogens with zero attached hydrogens (tertiary/aromatic N) is 2. The van der Waals surface area contributed by atoms with Crippen LogP contribution in [0.15, 0.2) is 42.6 Å². The van der Waals surface area contributed by atoms with Gasteiger partial charge in [-0.3, -0.25) is 0 Å². The van der Waals surface area contributed by atoms with E-state index in [9.17, 15) is 4.79 Å². The molecule has 1 saturated heterocycles. The Hall–Kier alpha value is -2.47. The van der Waals surface area contributed by atoms with Crippen LogP contribution in [0.5, 0.6) is 11.6 Å². The van der Waals surface area contributed by atoms with Crippen molar-refractivity contribution in [1.29, 1.82) is 0 Å². The van der Waals surface area contributed by atoms with Gasteiger partial charge < -0.3 is 19.7 Å². The first kappa shape index (κ1) is 15.4. The van der Waals surface area contributed by atoms with Crippen LogP contribution in [-0.4, -0.2) is 42.2 Å². The van der Waals surface area contributed by atoms with E-state index in [1.165, 1.54) is 0 Å². The molecule has 0 aliphatic carbocycles. The average Bonchev–Trinajstić information content (AvgIpc) is 2.52. The Bertz CT molecular complexity index is 704.